The Hall–Kier alpha value is -0.0700. The van der Waals surface area contributed by atoms with Gasteiger partial charge in [-0.05, 0) is 30.0 Å². The van der Waals surface area contributed by atoms with Crippen LogP contribution in [0.25, 0.3) is 0 Å². The van der Waals surface area contributed by atoms with Gasteiger partial charge in [-0.15, -0.1) is 0 Å². The van der Waals surface area contributed by atoms with Gasteiger partial charge in [0.1, 0.15) is 0 Å². The van der Waals surface area contributed by atoms with E-state index in [1.165, 1.54) is 12.1 Å². The smallest absolute Gasteiger partial charge is 1.00 e. The van der Waals surface area contributed by atoms with Crippen LogP contribution in [-0.4, -0.2) is 25.7 Å². The number of sulfone groups is 1. The first-order valence-corrected chi connectivity index (χ1v) is 9.28. The normalized spacial score (nSPS) is 17.0. The van der Waals surface area contributed by atoms with Crippen molar-refractivity contribution in [3.63, 3.8) is 0 Å². The van der Waals surface area contributed by atoms with Crippen LogP contribution in [0.5, 0.6) is 0 Å². The third kappa shape index (κ3) is 4.96. The number of carboxylic acids is 1. The topological polar surface area (TPSA) is 71.4 Å². The van der Waals surface area contributed by atoms with Gasteiger partial charge in [-0.1, -0.05) is 43.4 Å². The maximum atomic E-state index is 11.5. The molecule has 1 unspecified atom stereocenters. The number of hydrogen-bond donors (Lipinski definition) is 1. The molecule has 1 saturated carbocycles. The summed E-state index contributed by atoms with van der Waals surface area (Å²) in [6.07, 6.45) is 6.12. The number of rotatable bonds is 5. The fourth-order valence-electron chi connectivity index (χ4n) is 2.99. The molecule has 1 aromatic rings. The Bertz CT molecular complexity index is 645. The van der Waals surface area contributed by atoms with Gasteiger partial charge in [0.25, 0.3) is 0 Å². The molecule has 1 fully saturated rings. The van der Waals surface area contributed by atoms with Gasteiger partial charge in [-0.3, -0.25) is 4.79 Å². The summed E-state index contributed by atoms with van der Waals surface area (Å²) in [5.41, 5.74) is 0.576. The number of aliphatic carboxylic acids is 1. The van der Waals surface area contributed by atoms with Gasteiger partial charge in [-0.25, -0.2) is 8.42 Å². The maximum Gasteiger partial charge on any atom is 1.00 e. The van der Waals surface area contributed by atoms with Gasteiger partial charge >= 0.3 is 35.5 Å². The number of halogens is 1. The van der Waals surface area contributed by atoms with Crippen LogP contribution in [0, 0.1) is 5.92 Å². The van der Waals surface area contributed by atoms with Crippen molar-refractivity contribution in [2.24, 2.45) is 5.92 Å². The van der Waals surface area contributed by atoms with Gasteiger partial charge < -0.3 is 6.53 Å². The van der Waals surface area contributed by atoms with E-state index in [1.807, 2.05) is 0 Å². The molecule has 1 N–H and O–H groups in total. The van der Waals surface area contributed by atoms with Gasteiger partial charge in [0, 0.05) is 6.26 Å². The van der Waals surface area contributed by atoms with Crippen molar-refractivity contribution in [3.8, 4) is 0 Å². The fourth-order valence-corrected chi connectivity index (χ4v) is 4.33. The molecular formula is C15H20ClNaO4S. The van der Waals surface area contributed by atoms with Crippen LogP contribution in [0.4, 0.5) is 0 Å². The predicted octanol–water partition coefficient (Wildman–Crippen LogP) is 0.609. The molecule has 7 heteroatoms. The minimum Gasteiger partial charge on any atom is -1.00 e. The van der Waals surface area contributed by atoms with Crippen LogP contribution in [0.1, 0.15) is 45.0 Å². The van der Waals surface area contributed by atoms with E-state index in [0.717, 1.165) is 31.9 Å². The van der Waals surface area contributed by atoms with Gasteiger partial charge in [0.15, 0.2) is 9.84 Å². The Morgan fingerprint density at radius 3 is 2.45 bits per heavy atom. The van der Waals surface area contributed by atoms with Crippen LogP contribution < -0.4 is 29.6 Å². The van der Waals surface area contributed by atoms with Gasteiger partial charge in [0.2, 0.25) is 0 Å². The second-order valence-corrected chi connectivity index (χ2v) is 8.13. The number of benzene rings is 1. The molecular weight excluding hydrogens is 335 g/mol. The summed E-state index contributed by atoms with van der Waals surface area (Å²) in [7, 11) is -3.40. The van der Waals surface area contributed by atoms with Crippen LogP contribution >= 0.6 is 11.6 Å². The summed E-state index contributed by atoms with van der Waals surface area (Å²) in [5, 5.41) is 9.54. The van der Waals surface area contributed by atoms with Crippen molar-refractivity contribution in [1.29, 1.82) is 0 Å². The molecule has 0 saturated heterocycles. The Morgan fingerprint density at radius 2 is 2.00 bits per heavy atom. The van der Waals surface area contributed by atoms with E-state index in [4.69, 9.17) is 11.6 Å². The van der Waals surface area contributed by atoms with Gasteiger partial charge in [-0.2, -0.15) is 0 Å². The Labute approximate surface area is 159 Å². The first kappa shape index (κ1) is 20.0. The molecule has 0 aliphatic heterocycles. The molecule has 0 radical (unpaired) electrons. The first-order chi connectivity index (χ1) is 9.79. The zero-order valence-corrected chi connectivity index (χ0v) is 16.5. The number of carboxylic acid groups (broad SMARTS) is 1. The third-order valence-electron chi connectivity index (χ3n) is 4.10. The van der Waals surface area contributed by atoms with E-state index in [0.29, 0.717) is 17.9 Å². The molecule has 118 valence electrons. The Morgan fingerprint density at radius 1 is 1.41 bits per heavy atom. The fraction of sp³-hybridized carbons (Fsp3) is 0.533. The average Bonchev–Trinajstić information content (AvgIpc) is 2.86. The summed E-state index contributed by atoms with van der Waals surface area (Å²) in [6.45, 7) is 0. The molecule has 0 heterocycles. The second kappa shape index (κ2) is 8.15. The van der Waals surface area contributed by atoms with Gasteiger partial charge in [0.05, 0.1) is 15.8 Å². The van der Waals surface area contributed by atoms with E-state index < -0.39 is 21.7 Å². The quantitative estimate of drug-likeness (QED) is 0.786. The van der Waals surface area contributed by atoms with Crippen molar-refractivity contribution < 1.29 is 49.3 Å². The van der Waals surface area contributed by atoms with Crippen LogP contribution in [0.15, 0.2) is 23.1 Å². The molecule has 1 aliphatic rings. The van der Waals surface area contributed by atoms with Crippen LogP contribution in [0.2, 0.25) is 5.02 Å². The zero-order chi connectivity index (χ0) is 15.6. The summed E-state index contributed by atoms with van der Waals surface area (Å²) < 4.78 is 23.1. The SMILES string of the molecule is CS(=O)(=O)c1ccc(C(CC2CCCC2)C(=O)O)cc1Cl.[H-].[Na+]. The molecule has 0 spiro atoms. The minimum atomic E-state index is -3.40. The second-order valence-electron chi connectivity index (χ2n) is 5.74. The third-order valence-corrected chi connectivity index (χ3v) is 5.68. The molecule has 4 nitrogen and oxygen atoms in total. The summed E-state index contributed by atoms with van der Waals surface area (Å²) >= 11 is 6.01. The van der Waals surface area contributed by atoms with E-state index in [2.05, 4.69) is 0 Å². The van der Waals surface area contributed by atoms with Crippen molar-refractivity contribution in [2.45, 2.75) is 42.9 Å². The largest absolute Gasteiger partial charge is 1.00 e. The molecule has 1 aromatic carbocycles. The number of hydrogen-bond acceptors (Lipinski definition) is 3. The maximum absolute atomic E-state index is 11.5. The van der Waals surface area contributed by atoms with Crippen LogP contribution in [0.3, 0.4) is 0 Å². The standard InChI is InChI=1S/C15H19ClO4S.Na.H/c1-21(19,20)14-7-6-11(9-13(14)16)12(15(17)18)8-10-4-2-3-5-10;;/h6-7,9-10,12H,2-5,8H2,1H3,(H,17,18);;/q;+1;-1. The zero-order valence-electron chi connectivity index (χ0n) is 13.9. The van der Waals surface area contributed by atoms with E-state index >= 15 is 0 Å². The van der Waals surface area contributed by atoms with E-state index in [1.54, 1.807) is 6.07 Å². The average molecular weight is 355 g/mol. The summed E-state index contributed by atoms with van der Waals surface area (Å²) in [4.78, 5) is 11.6. The predicted molar refractivity (Wildman–Crippen MR) is 82.6 cm³/mol. The van der Waals surface area contributed by atoms with E-state index in [9.17, 15) is 18.3 Å². The van der Waals surface area contributed by atoms with Crippen LogP contribution in [-0.2, 0) is 14.6 Å². The molecule has 0 bridgehead atoms. The molecule has 1 atom stereocenters. The number of carbonyl (C=O) groups is 1. The molecule has 0 aromatic heterocycles. The van der Waals surface area contributed by atoms with Crippen molar-refractivity contribution in [1.82, 2.24) is 0 Å². The van der Waals surface area contributed by atoms with Crippen molar-refractivity contribution in [3.05, 3.63) is 28.8 Å². The van der Waals surface area contributed by atoms with E-state index in [-0.39, 0.29) is 40.9 Å². The Kier molecular flexibility index (Phi) is 7.40. The molecule has 0 amide bonds. The van der Waals surface area contributed by atoms with Crippen molar-refractivity contribution in [2.75, 3.05) is 6.26 Å². The first-order valence-electron chi connectivity index (χ1n) is 7.01. The summed E-state index contributed by atoms with van der Waals surface area (Å²) in [5.74, 6) is -1.08. The molecule has 2 rings (SSSR count). The minimum absolute atomic E-state index is 0. The van der Waals surface area contributed by atoms with Crippen molar-refractivity contribution >= 4 is 27.4 Å². The Balaban J connectivity index is 0.00000242. The molecule has 1 aliphatic carbocycles. The monoisotopic (exact) mass is 354 g/mol. The molecule has 22 heavy (non-hydrogen) atoms. The summed E-state index contributed by atoms with van der Waals surface area (Å²) in [6, 6.07) is 4.44.